The monoisotopic (exact) mass is 290 g/mol. The highest BCUT2D eigenvalue weighted by Gasteiger charge is 2.22. The maximum absolute atomic E-state index is 12.0. The quantitative estimate of drug-likeness (QED) is 0.478. The lowest BCUT2D eigenvalue weighted by molar-refractivity contribution is -0.133. The minimum atomic E-state index is -0.304. The maximum atomic E-state index is 12.0. The highest BCUT2D eigenvalue weighted by atomic mass is 16.2. The Bertz CT molecular complexity index is 510. The number of carbonyl (C=O) groups excluding carboxylic acids is 2. The minimum Gasteiger partial charge on any atom is -0.368 e. The zero-order valence-corrected chi connectivity index (χ0v) is 12.3. The summed E-state index contributed by atoms with van der Waals surface area (Å²) in [6, 6.07) is 8.27. The Hall–Kier alpha value is -2.08. The molecule has 2 amide bonds. The van der Waals surface area contributed by atoms with Crippen LogP contribution in [0.2, 0.25) is 0 Å². The average Bonchev–Trinajstić information content (AvgIpc) is 2.53. The number of carbonyl (C=O) groups is 2. The standard InChI is InChI=1S/C15H22N4O2/c1-12-4-2-3-5-13(12)18-8-10-19(11-9-18)15(21)7-6-14(20)17-16/h2-5H,6-11,16H2,1H3,(H,17,20). The first-order valence-corrected chi connectivity index (χ1v) is 7.19. The molecule has 0 aromatic heterocycles. The number of amides is 2. The molecule has 0 radical (unpaired) electrons. The van der Waals surface area contributed by atoms with Gasteiger partial charge in [0.2, 0.25) is 11.8 Å². The summed E-state index contributed by atoms with van der Waals surface area (Å²) in [5.74, 6) is 4.72. The number of benzene rings is 1. The van der Waals surface area contributed by atoms with Crippen molar-refractivity contribution in [3.8, 4) is 0 Å². The predicted molar refractivity (Wildman–Crippen MR) is 81.5 cm³/mol. The lowest BCUT2D eigenvalue weighted by atomic mass is 10.1. The molecule has 114 valence electrons. The highest BCUT2D eigenvalue weighted by molar-refractivity contribution is 5.83. The Morgan fingerprint density at radius 3 is 2.43 bits per heavy atom. The number of anilines is 1. The van der Waals surface area contributed by atoms with E-state index in [2.05, 4.69) is 24.0 Å². The van der Waals surface area contributed by atoms with Crippen LogP contribution in [0.4, 0.5) is 5.69 Å². The van der Waals surface area contributed by atoms with Gasteiger partial charge in [-0.3, -0.25) is 15.0 Å². The number of hydrogen-bond donors (Lipinski definition) is 2. The molecule has 0 aliphatic carbocycles. The van der Waals surface area contributed by atoms with Gasteiger partial charge in [0.25, 0.3) is 0 Å². The van der Waals surface area contributed by atoms with Crippen molar-refractivity contribution in [1.82, 2.24) is 10.3 Å². The number of aryl methyl sites for hydroxylation is 1. The number of para-hydroxylation sites is 1. The maximum Gasteiger partial charge on any atom is 0.234 e. The molecule has 0 spiro atoms. The first kappa shape index (κ1) is 15.3. The molecular formula is C15H22N4O2. The molecule has 0 bridgehead atoms. The van der Waals surface area contributed by atoms with E-state index >= 15 is 0 Å². The van der Waals surface area contributed by atoms with E-state index in [1.165, 1.54) is 11.3 Å². The molecule has 2 rings (SSSR count). The third-order valence-electron chi connectivity index (χ3n) is 3.82. The lowest BCUT2D eigenvalue weighted by Gasteiger charge is -2.36. The number of hydrogen-bond acceptors (Lipinski definition) is 4. The number of nitrogens with one attached hydrogen (secondary N) is 1. The van der Waals surface area contributed by atoms with Crippen LogP contribution in [0.25, 0.3) is 0 Å². The van der Waals surface area contributed by atoms with Gasteiger partial charge in [-0.15, -0.1) is 0 Å². The van der Waals surface area contributed by atoms with Crippen molar-refractivity contribution in [2.24, 2.45) is 5.84 Å². The SMILES string of the molecule is Cc1ccccc1N1CCN(C(=O)CCC(=O)NN)CC1. The van der Waals surface area contributed by atoms with Crippen molar-refractivity contribution < 1.29 is 9.59 Å². The van der Waals surface area contributed by atoms with Gasteiger partial charge in [0.05, 0.1) is 0 Å². The summed E-state index contributed by atoms with van der Waals surface area (Å²) in [6.45, 7) is 5.12. The van der Waals surface area contributed by atoms with Crippen LogP contribution in [0.15, 0.2) is 24.3 Å². The summed E-state index contributed by atoms with van der Waals surface area (Å²) < 4.78 is 0. The number of nitrogens with two attached hydrogens (primary N) is 1. The Balaban J connectivity index is 1.84. The van der Waals surface area contributed by atoms with Crippen LogP contribution < -0.4 is 16.2 Å². The van der Waals surface area contributed by atoms with Crippen molar-refractivity contribution in [2.75, 3.05) is 31.1 Å². The van der Waals surface area contributed by atoms with E-state index in [4.69, 9.17) is 5.84 Å². The fourth-order valence-corrected chi connectivity index (χ4v) is 2.57. The Labute approximate surface area is 124 Å². The van der Waals surface area contributed by atoms with E-state index in [0.29, 0.717) is 13.1 Å². The topological polar surface area (TPSA) is 78.7 Å². The van der Waals surface area contributed by atoms with Gasteiger partial charge in [-0.25, -0.2) is 5.84 Å². The van der Waals surface area contributed by atoms with E-state index in [1.807, 2.05) is 22.5 Å². The van der Waals surface area contributed by atoms with E-state index in [0.717, 1.165) is 13.1 Å². The van der Waals surface area contributed by atoms with E-state index < -0.39 is 0 Å². The molecule has 6 nitrogen and oxygen atoms in total. The summed E-state index contributed by atoms with van der Waals surface area (Å²) in [5.41, 5.74) is 4.52. The van der Waals surface area contributed by atoms with Crippen LogP contribution in [-0.4, -0.2) is 42.9 Å². The summed E-state index contributed by atoms with van der Waals surface area (Å²) in [6.07, 6.45) is 0.362. The van der Waals surface area contributed by atoms with Gasteiger partial charge in [-0.1, -0.05) is 18.2 Å². The van der Waals surface area contributed by atoms with Gasteiger partial charge in [0.15, 0.2) is 0 Å². The van der Waals surface area contributed by atoms with Crippen LogP contribution in [0.5, 0.6) is 0 Å². The van der Waals surface area contributed by atoms with Gasteiger partial charge in [0.1, 0.15) is 0 Å². The predicted octanol–water partition coefficient (Wildman–Crippen LogP) is 0.414. The van der Waals surface area contributed by atoms with Gasteiger partial charge in [0, 0.05) is 44.7 Å². The summed E-state index contributed by atoms with van der Waals surface area (Å²) in [5, 5.41) is 0. The lowest BCUT2D eigenvalue weighted by Crippen LogP contribution is -2.49. The fraction of sp³-hybridized carbons (Fsp3) is 0.467. The van der Waals surface area contributed by atoms with Gasteiger partial charge in [-0.2, -0.15) is 0 Å². The van der Waals surface area contributed by atoms with Crippen molar-refractivity contribution >= 4 is 17.5 Å². The zero-order chi connectivity index (χ0) is 15.2. The summed E-state index contributed by atoms with van der Waals surface area (Å²) in [4.78, 5) is 27.2. The molecule has 1 aliphatic heterocycles. The second kappa shape index (κ2) is 7.08. The van der Waals surface area contributed by atoms with Gasteiger partial charge >= 0.3 is 0 Å². The number of hydrazine groups is 1. The smallest absolute Gasteiger partial charge is 0.234 e. The van der Waals surface area contributed by atoms with Crippen LogP contribution in [0, 0.1) is 6.92 Å². The number of piperazine rings is 1. The largest absolute Gasteiger partial charge is 0.368 e. The van der Waals surface area contributed by atoms with Gasteiger partial charge < -0.3 is 9.80 Å². The first-order chi connectivity index (χ1) is 10.1. The normalized spacial score (nSPS) is 15.0. The molecule has 0 atom stereocenters. The fourth-order valence-electron chi connectivity index (χ4n) is 2.57. The molecule has 1 aromatic rings. The molecule has 21 heavy (non-hydrogen) atoms. The summed E-state index contributed by atoms with van der Waals surface area (Å²) in [7, 11) is 0. The molecule has 0 unspecified atom stereocenters. The summed E-state index contributed by atoms with van der Waals surface area (Å²) >= 11 is 0. The molecule has 0 saturated carbocycles. The Kier molecular flexibility index (Phi) is 5.16. The molecular weight excluding hydrogens is 268 g/mol. The number of nitrogens with zero attached hydrogens (tertiary/aromatic N) is 2. The van der Waals surface area contributed by atoms with Gasteiger partial charge in [-0.05, 0) is 18.6 Å². The molecule has 1 fully saturated rings. The van der Waals surface area contributed by atoms with Crippen molar-refractivity contribution in [1.29, 1.82) is 0 Å². The highest BCUT2D eigenvalue weighted by Crippen LogP contribution is 2.20. The molecule has 1 saturated heterocycles. The molecule has 6 heteroatoms. The molecule has 3 N–H and O–H groups in total. The van der Waals surface area contributed by atoms with Crippen molar-refractivity contribution in [3.05, 3.63) is 29.8 Å². The van der Waals surface area contributed by atoms with Crippen molar-refractivity contribution in [2.45, 2.75) is 19.8 Å². The van der Waals surface area contributed by atoms with Crippen LogP contribution >= 0.6 is 0 Å². The van der Waals surface area contributed by atoms with E-state index in [1.54, 1.807) is 0 Å². The minimum absolute atomic E-state index is 0.0167. The Morgan fingerprint density at radius 2 is 1.81 bits per heavy atom. The number of rotatable bonds is 4. The third-order valence-corrected chi connectivity index (χ3v) is 3.82. The average molecular weight is 290 g/mol. The van der Waals surface area contributed by atoms with E-state index in [-0.39, 0.29) is 24.7 Å². The van der Waals surface area contributed by atoms with Crippen molar-refractivity contribution in [3.63, 3.8) is 0 Å². The van der Waals surface area contributed by atoms with Crippen LogP contribution in [-0.2, 0) is 9.59 Å². The Morgan fingerprint density at radius 1 is 1.14 bits per heavy atom. The van der Waals surface area contributed by atoms with E-state index in [9.17, 15) is 9.59 Å². The molecule has 1 aliphatic rings. The second-order valence-electron chi connectivity index (χ2n) is 5.22. The molecule has 1 heterocycles. The van der Waals surface area contributed by atoms with Crippen LogP contribution in [0.1, 0.15) is 18.4 Å². The zero-order valence-electron chi connectivity index (χ0n) is 12.3. The first-order valence-electron chi connectivity index (χ1n) is 7.19. The molecule has 1 aromatic carbocycles. The van der Waals surface area contributed by atoms with Crippen LogP contribution in [0.3, 0.4) is 0 Å². The second-order valence-corrected chi connectivity index (χ2v) is 5.22. The third kappa shape index (κ3) is 3.95.